The van der Waals surface area contributed by atoms with Gasteiger partial charge in [0.25, 0.3) is 5.91 Å². The molecule has 24 heavy (non-hydrogen) atoms. The summed E-state index contributed by atoms with van der Waals surface area (Å²) in [5.74, 6) is 1.72. The van der Waals surface area contributed by atoms with Crippen LogP contribution in [0.5, 0.6) is 0 Å². The van der Waals surface area contributed by atoms with Crippen LogP contribution >= 0.6 is 0 Å². The number of nitrogens with zero attached hydrogens (tertiary/aromatic N) is 3. The molecule has 0 spiro atoms. The summed E-state index contributed by atoms with van der Waals surface area (Å²) in [5, 5.41) is 2.77. The van der Waals surface area contributed by atoms with Crippen LogP contribution in [0.1, 0.15) is 18.6 Å². The molecule has 0 unspecified atom stereocenters. The molecule has 0 aromatic carbocycles. The zero-order valence-electron chi connectivity index (χ0n) is 13.3. The molecule has 0 saturated carbocycles. The summed E-state index contributed by atoms with van der Waals surface area (Å²) in [6.07, 6.45) is 7.86. The molecule has 4 heterocycles. The molecule has 7 heteroatoms. The SMILES string of the molecule is O=C(Nc1cnccn1)[C@@H]1C[C@H]2CCN(Cc3ccco3)C[C@@H]2O1. The number of anilines is 1. The molecule has 0 bridgehead atoms. The van der Waals surface area contributed by atoms with E-state index in [-0.39, 0.29) is 12.0 Å². The van der Waals surface area contributed by atoms with Gasteiger partial charge < -0.3 is 14.5 Å². The maximum Gasteiger partial charge on any atom is 0.254 e. The Morgan fingerprint density at radius 1 is 1.42 bits per heavy atom. The highest BCUT2D eigenvalue weighted by atomic mass is 16.5. The predicted molar refractivity (Wildman–Crippen MR) is 86.0 cm³/mol. The van der Waals surface area contributed by atoms with Crippen molar-refractivity contribution >= 4 is 11.7 Å². The van der Waals surface area contributed by atoms with Crippen LogP contribution in [-0.2, 0) is 16.1 Å². The number of furan rings is 1. The number of ether oxygens (including phenoxy) is 1. The van der Waals surface area contributed by atoms with Crippen molar-refractivity contribution in [2.24, 2.45) is 5.92 Å². The predicted octanol–water partition coefficient (Wildman–Crippen LogP) is 1.69. The Morgan fingerprint density at radius 3 is 3.17 bits per heavy atom. The van der Waals surface area contributed by atoms with Gasteiger partial charge in [-0.15, -0.1) is 0 Å². The fourth-order valence-electron chi connectivity index (χ4n) is 3.50. The molecular weight excluding hydrogens is 308 g/mol. The van der Waals surface area contributed by atoms with Crippen molar-refractivity contribution in [1.82, 2.24) is 14.9 Å². The summed E-state index contributed by atoms with van der Waals surface area (Å²) < 4.78 is 11.4. The van der Waals surface area contributed by atoms with E-state index in [2.05, 4.69) is 20.2 Å². The third kappa shape index (κ3) is 3.32. The summed E-state index contributed by atoms with van der Waals surface area (Å²) in [5.41, 5.74) is 0. The second-order valence-corrected chi connectivity index (χ2v) is 6.34. The van der Waals surface area contributed by atoms with Crippen molar-refractivity contribution in [3.8, 4) is 0 Å². The summed E-state index contributed by atoms with van der Waals surface area (Å²) in [6, 6.07) is 3.89. The number of nitrogens with one attached hydrogen (secondary N) is 1. The first kappa shape index (κ1) is 15.3. The van der Waals surface area contributed by atoms with Gasteiger partial charge in [0.05, 0.1) is 25.1 Å². The number of carbonyl (C=O) groups is 1. The lowest BCUT2D eigenvalue weighted by molar-refractivity contribution is -0.127. The number of piperidine rings is 1. The van der Waals surface area contributed by atoms with E-state index in [4.69, 9.17) is 9.15 Å². The van der Waals surface area contributed by atoms with Crippen LogP contribution in [0, 0.1) is 5.92 Å². The van der Waals surface area contributed by atoms with Crippen LogP contribution < -0.4 is 5.32 Å². The standard InChI is InChI=1S/C17H20N4O3/c22-17(20-16-9-18-4-5-19-16)14-8-12-3-6-21(11-15(12)24-14)10-13-2-1-7-23-13/h1-2,4-5,7,9,12,14-15H,3,6,8,10-11H2,(H,19,20,22)/t12-,14+,15+/m1/s1. The van der Waals surface area contributed by atoms with E-state index in [0.29, 0.717) is 11.7 Å². The smallest absolute Gasteiger partial charge is 0.254 e. The van der Waals surface area contributed by atoms with Crippen molar-refractivity contribution in [3.05, 3.63) is 42.7 Å². The number of amides is 1. The van der Waals surface area contributed by atoms with Crippen LogP contribution in [0.15, 0.2) is 41.4 Å². The van der Waals surface area contributed by atoms with Crippen LogP contribution in [0.2, 0.25) is 0 Å². The zero-order chi connectivity index (χ0) is 16.4. The minimum Gasteiger partial charge on any atom is -0.468 e. The maximum atomic E-state index is 12.4. The Labute approximate surface area is 140 Å². The average Bonchev–Trinajstić information content (AvgIpc) is 3.25. The molecule has 2 aromatic heterocycles. The van der Waals surface area contributed by atoms with Crippen LogP contribution in [0.3, 0.4) is 0 Å². The lowest BCUT2D eigenvalue weighted by Crippen LogP contribution is -2.41. The number of hydrogen-bond acceptors (Lipinski definition) is 6. The molecule has 7 nitrogen and oxygen atoms in total. The van der Waals surface area contributed by atoms with E-state index in [1.54, 1.807) is 18.7 Å². The summed E-state index contributed by atoms with van der Waals surface area (Å²) in [7, 11) is 0. The largest absolute Gasteiger partial charge is 0.468 e. The molecule has 2 saturated heterocycles. The fourth-order valence-corrected chi connectivity index (χ4v) is 3.50. The number of fused-ring (bicyclic) bond motifs is 1. The number of aromatic nitrogens is 2. The lowest BCUT2D eigenvalue weighted by Gasteiger charge is -2.33. The Hall–Kier alpha value is -2.25. The van der Waals surface area contributed by atoms with E-state index in [1.807, 2.05) is 12.1 Å². The van der Waals surface area contributed by atoms with E-state index in [9.17, 15) is 4.79 Å². The van der Waals surface area contributed by atoms with Crippen LogP contribution in [0.25, 0.3) is 0 Å². The summed E-state index contributed by atoms with van der Waals surface area (Å²) in [4.78, 5) is 22.7. The summed E-state index contributed by atoms with van der Waals surface area (Å²) in [6.45, 7) is 2.63. The van der Waals surface area contributed by atoms with Crippen LogP contribution in [-0.4, -0.2) is 46.1 Å². The number of hydrogen-bond donors (Lipinski definition) is 1. The van der Waals surface area contributed by atoms with Crippen molar-refractivity contribution in [2.75, 3.05) is 18.4 Å². The van der Waals surface area contributed by atoms with Gasteiger partial charge in [-0.2, -0.15) is 0 Å². The molecule has 3 atom stereocenters. The molecule has 126 valence electrons. The normalized spacial score (nSPS) is 26.9. The molecule has 2 aliphatic rings. The monoisotopic (exact) mass is 328 g/mol. The Morgan fingerprint density at radius 2 is 2.38 bits per heavy atom. The van der Waals surface area contributed by atoms with Gasteiger partial charge in [-0.25, -0.2) is 4.98 Å². The van der Waals surface area contributed by atoms with Gasteiger partial charge >= 0.3 is 0 Å². The average molecular weight is 328 g/mol. The van der Waals surface area contributed by atoms with Gasteiger partial charge in [0.1, 0.15) is 11.9 Å². The lowest BCUT2D eigenvalue weighted by atomic mass is 9.91. The fraction of sp³-hybridized carbons (Fsp3) is 0.471. The number of likely N-dealkylation sites (tertiary alicyclic amines) is 1. The molecule has 1 amide bonds. The highest BCUT2D eigenvalue weighted by Gasteiger charge is 2.41. The van der Waals surface area contributed by atoms with E-state index in [0.717, 1.165) is 38.2 Å². The number of carbonyl (C=O) groups excluding carboxylic acids is 1. The van der Waals surface area contributed by atoms with Crippen molar-refractivity contribution in [2.45, 2.75) is 31.6 Å². The Bertz CT molecular complexity index is 676. The molecule has 0 aliphatic carbocycles. The van der Waals surface area contributed by atoms with E-state index >= 15 is 0 Å². The number of rotatable bonds is 4. The molecule has 0 radical (unpaired) electrons. The maximum absolute atomic E-state index is 12.4. The Kier molecular flexibility index (Phi) is 4.27. The van der Waals surface area contributed by atoms with Crippen molar-refractivity contribution in [3.63, 3.8) is 0 Å². The van der Waals surface area contributed by atoms with Crippen LogP contribution in [0.4, 0.5) is 5.82 Å². The molecule has 4 rings (SSSR count). The second kappa shape index (κ2) is 6.70. The third-order valence-electron chi connectivity index (χ3n) is 4.70. The quantitative estimate of drug-likeness (QED) is 0.920. The first-order chi connectivity index (χ1) is 11.8. The molecule has 2 fully saturated rings. The Balaban J connectivity index is 1.33. The first-order valence-electron chi connectivity index (χ1n) is 8.25. The van der Waals surface area contributed by atoms with Gasteiger partial charge in [0, 0.05) is 18.9 Å². The van der Waals surface area contributed by atoms with E-state index in [1.165, 1.54) is 6.20 Å². The highest BCUT2D eigenvalue weighted by Crippen LogP contribution is 2.34. The van der Waals surface area contributed by atoms with Gasteiger partial charge in [0.15, 0.2) is 5.82 Å². The minimum atomic E-state index is -0.412. The first-order valence-corrected chi connectivity index (χ1v) is 8.25. The van der Waals surface area contributed by atoms with E-state index < -0.39 is 6.10 Å². The van der Waals surface area contributed by atoms with Crippen molar-refractivity contribution in [1.29, 1.82) is 0 Å². The summed E-state index contributed by atoms with van der Waals surface area (Å²) >= 11 is 0. The minimum absolute atomic E-state index is 0.103. The molecular formula is C17H20N4O3. The van der Waals surface area contributed by atoms with Crippen molar-refractivity contribution < 1.29 is 13.9 Å². The third-order valence-corrected chi connectivity index (χ3v) is 4.70. The molecule has 2 aliphatic heterocycles. The van der Waals surface area contributed by atoms with Gasteiger partial charge in [-0.1, -0.05) is 0 Å². The highest BCUT2D eigenvalue weighted by molar-refractivity contribution is 5.93. The van der Waals surface area contributed by atoms with Gasteiger partial charge in [-0.3, -0.25) is 14.7 Å². The molecule has 2 aromatic rings. The van der Waals surface area contributed by atoms with Gasteiger partial charge in [0.2, 0.25) is 0 Å². The molecule has 1 N–H and O–H groups in total. The topological polar surface area (TPSA) is 80.5 Å². The van der Waals surface area contributed by atoms with Gasteiger partial charge in [-0.05, 0) is 37.4 Å². The zero-order valence-corrected chi connectivity index (χ0v) is 13.3. The second-order valence-electron chi connectivity index (χ2n) is 6.34.